The normalized spacial score (nSPS) is 10.7. The van der Waals surface area contributed by atoms with Crippen LogP contribution >= 0.6 is 27.3 Å². The Labute approximate surface area is 145 Å². The van der Waals surface area contributed by atoms with Crippen molar-refractivity contribution in [3.63, 3.8) is 0 Å². The van der Waals surface area contributed by atoms with E-state index >= 15 is 0 Å². The molecule has 120 valence electrons. The number of anilines is 1. The van der Waals surface area contributed by atoms with E-state index in [-0.39, 0.29) is 18.2 Å². The number of aromatic nitrogens is 2. The van der Waals surface area contributed by atoms with Gasteiger partial charge in [0.15, 0.2) is 0 Å². The Bertz CT molecular complexity index is 714. The van der Waals surface area contributed by atoms with Gasteiger partial charge in [0.05, 0.1) is 12.6 Å². The molecule has 0 spiro atoms. The van der Waals surface area contributed by atoms with E-state index in [1.165, 1.54) is 0 Å². The second-order valence-electron chi connectivity index (χ2n) is 4.42. The number of benzene rings is 1. The first-order valence-corrected chi connectivity index (χ1v) is 8.37. The average molecular weight is 396 g/mol. The summed E-state index contributed by atoms with van der Waals surface area (Å²) >= 11 is 4.51. The van der Waals surface area contributed by atoms with Crippen LogP contribution in [0.1, 0.15) is 23.9 Å². The molecule has 0 aliphatic rings. The van der Waals surface area contributed by atoms with E-state index in [4.69, 9.17) is 0 Å². The van der Waals surface area contributed by atoms with Crippen LogP contribution in [0.25, 0.3) is 0 Å². The third-order valence-corrected chi connectivity index (χ3v) is 3.99. The van der Waals surface area contributed by atoms with Gasteiger partial charge < -0.3 is 5.32 Å². The molecule has 0 saturated heterocycles. The van der Waals surface area contributed by atoms with E-state index in [1.807, 2.05) is 24.3 Å². The third-order valence-electron chi connectivity index (χ3n) is 2.62. The number of rotatable bonds is 6. The molecule has 0 unspecified atom stereocenters. The van der Waals surface area contributed by atoms with Gasteiger partial charge in [0.25, 0.3) is 0 Å². The predicted octanol–water partition coefficient (Wildman–Crippen LogP) is 2.34. The summed E-state index contributed by atoms with van der Waals surface area (Å²) < 4.78 is 0.973. The zero-order valence-corrected chi connectivity index (χ0v) is 14.6. The van der Waals surface area contributed by atoms with Gasteiger partial charge in [-0.3, -0.25) is 9.59 Å². The van der Waals surface area contributed by atoms with Gasteiger partial charge in [0.2, 0.25) is 16.9 Å². The Morgan fingerprint density at radius 2 is 2.00 bits per heavy atom. The Kier molecular flexibility index (Phi) is 6.36. The molecule has 0 atom stereocenters. The van der Waals surface area contributed by atoms with Crippen molar-refractivity contribution in [1.29, 1.82) is 0 Å². The van der Waals surface area contributed by atoms with Gasteiger partial charge in [-0.15, -0.1) is 10.2 Å². The lowest BCUT2D eigenvalue weighted by atomic mass is 10.2. The van der Waals surface area contributed by atoms with E-state index < -0.39 is 0 Å². The number of amides is 2. The third kappa shape index (κ3) is 5.87. The van der Waals surface area contributed by atoms with Crippen LogP contribution in [0.3, 0.4) is 0 Å². The van der Waals surface area contributed by atoms with Gasteiger partial charge in [0.1, 0.15) is 5.01 Å². The van der Waals surface area contributed by atoms with Crippen molar-refractivity contribution in [1.82, 2.24) is 15.6 Å². The first kappa shape index (κ1) is 17.2. The van der Waals surface area contributed by atoms with Crippen molar-refractivity contribution in [2.75, 3.05) is 5.32 Å². The van der Waals surface area contributed by atoms with Crippen LogP contribution in [-0.2, 0) is 16.0 Å². The number of hydrazone groups is 1. The first-order chi connectivity index (χ1) is 11.1. The minimum Gasteiger partial charge on any atom is -0.301 e. The Hall–Kier alpha value is -2.13. The second-order valence-corrected chi connectivity index (χ2v) is 6.40. The number of nitrogens with one attached hydrogen (secondary N) is 2. The quantitative estimate of drug-likeness (QED) is 0.579. The largest absolute Gasteiger partial charge is 0.301 e. The molecule has 2 aromatic rings. The molecule has 2 amide bonds. The van der Waals surface area contributed by atoms with Crippen molar-refractivity contribution in [3.8, 4) is 0 Å². The van der Waals surface area contributed by atoms with E-state index in [0.717, 1.165) is 21.4 Å². The predicted molar refractivity (Wildman–Crippen MR) is 92.4 cm³/mol. The number of hydrogen-bond donors (Lipinski definition) is 2. The van der Waals surface area contributed by atoms with Crippen LogP contribution in [0.5, 0.6) is 0 Å². The SMILES string of the molecule is CCC(=O)Nc1nnc(CC(=O)NN=Cc2ccc(Br)cc2)s1. The van der Waals surface area contributed by atoms with Crippen LogP contribution in [0.15, 0.2) is 33.8 Å². The maximum Gasteiger partial charge on any atom is 0.247 e. The highest BCUT2D eigenvalue weighted by Gasteiger charge is 2.10. The summed E-state index contributed by atoms with van der Waals surface area (Å²) in [4.78, 5) is 23.0. The molecule has 2 rings (SSSR count). The highest BCUT2D eigenvalue weighted by molar-refractivity contribution is 9.10. The molecular formula is C14H14BrN5O2S. The molecule has 0 saturated carbocycles. The summed E-state index contributed by atoms with van der Waals surface area (Å²) in [6.45, 7) is 1.74. The van der Waals surface area contributed by atoms with Gasteiger partial charge in [-0.25, -0.2) is 5.43 Å². The summed E-state index contributed by atoms with van der Waals surface area (Å²) in [5, 5.41) is 15.0. The summed E-state index contributed by atoms with van der Waals surface area (Å²) in [6.07, 6.45) is 1.97. The van der Waals surface area contributed by atoms with Crippen LogP contribution in [0.2, 0.25) is 0 Å². The monoisotopic (exact) mass is 395 g/mol. The fraction of sp³-hybridized carbons (Fsp3) is 0.214. The number of halogens is 1. The fourth-order valence-corrected chi connectivity index (χ4v) is 2.51. The molecule has 0 aliphatic carbocycles. The second kappa shape index (κ2) is 8.49. The number of carbonyl (C=O) groups excluding carboxylic acids is 2. The van der Waals surface area contributed by atoms with Crippen molar-refractivity contribution >= 4 is 50.4 Å². The summed E-state index contributed by atoms with van der Waals surface area (Å²) in [6, 6.07) is 7.51. The lowest BCUT2D eigenvalue weighted by Gasteiger charge is -1.97. The van der Waals surface area contributed by atoms with Gasteiger partial charge >= 0.3 is 0 Å². The Morgan fingerprint density at radius 1 is 1.26 bits per heavy atom. The minimum absolute atomic E-state index is 0.0529. The molecule has 7 nitrogen and oxygen atoms in total. The van der Waals surface area contributed by atoms with Gasteiger partial charge in [-0.05, 0) is 17.7 Å². The molecule has 9 heteroatoms. The number of hydrogen-bond acceptors (Lipinski definition) is 6. The summed E-state index contributed by atoms with van der Waals surface area (Å²) in [5.41, 5.74) is 3.30. The first-order valence-electron chi connectivity index (χ1n) is 6.76. The lowest BCUT2D eigenvalue weighted by Crippen LogP contribution is -2.19. The van der Waals surface area contributed by atoms with Crippen molar-refractivity contribution in [2.24, 2.45) is 5.10 Å². The molecule has 0 fully saturated rings. The maximum absolute atomic E-state index is 11.8. The van der Waals surface area contributed by atoms with E-state index in [9.17, 15) is 9.59 Å². The zero-order valence-electron chi connectivity index (χ0n) is 12.2. The molecule has 2 N–H and O–H groups in total. The molecule has 0 radical (unpaired) electrons. The van der Waals surface area contributed by atoms with Crippen molar-refractivity contribution in [2.45, 2.75) is 19.8 Å². The lowest BCUT2D eigenvalue weighted by molar-refractivity contribution is -0.120. The van der Waals surface area contributed by atoms with Crippen LogP contribution in [0.4, 0.5) is 5.13 Å². The van der Waals surface area contributed by atoms with E-state index in [0.29, 0.717) is 16.6 Å². The average Bonchev–Trinajstić information content (AvgIpc) is 2.96. The van der Waals surface area contributed by atoms with Crippen LogP contribution in [-0.4, -0.2) is 28.2 Å². The van der Waals surface area contributed by atoms with Crippen LogP contribution in [0, 0.1) is 0 Å². The zero-order chi connectivity index (χ0) is 16.7. The number of nitrogens with zero attached hydrogens (tertiary/aromatic N) is 3. The van der Waals surface area contributed by atoms with Crippen molar-refractivity contribution < 1.29 is 9.59 Å². The molecule has 1 aromatic carbocycles. The summed E-state index contributed by atoms with van der Waals surface area (Å²) in [5.74, 6) is -0.445. The fourth-order valence-electron chi connectivity index (χ4n) is 1.49. The smallest absolute Gasteiger partial charge is 0.247 e. The van der Waals surface area contributed by atoms with Gasteiger partial charge in [-0.1, -0.05) is 46.3 Å². The summed E-state index contributed by atoms with van der Waals surface area (Å²) in [7, 11) is 0. The maximum atomic E-state index is 11.8. The van der Waals surface area contributed by atoms with Gasteiger partial charge in [0, 0.05) is 10.9 Å². The van der Waals surface area contributed by atoms with E-state index in [1.54, 1.807) is 13.1 Å². The number of carbonyl (C=O) groups is 2. The van der Waals surface area contributed by atoms with Crippen LogP contribution < -0.4 is 10.7 Å². The minimum atomic E-state index is -0.303. The van der Waals surface area contributed by atoms with Gasteiger partial charge in [-0.2, -0.15) is 5.10 Å². The molecule has 23 heavy (non-hydrogen) atoms. The Balaban J connectivity index is 1.82. The highest BCUT2D eigenvalue weighted by atomic mass is 79.9. The molecule has 1 heterocycles. The standard InChI is InChI=1S/C14H14BrN5O2S/c1-2-11(21)17-14-20-19-13(23-14)7-12(22)18-16-8-9-3-5-10(15)6-4-9/h3-6,8H,2,7H2,1H3,(H,18,22)(H,17,20,21). The van der Waals surface area contributed by atoms with Crippen molar-refractivity contribution in [3.05, 3.63) is 39.3 Å². The molecule has 0 bridgehead atoms. The topological polar surface area (TPSA) is 96.3 Å². The van der Waals surface area contributed by atoms with E-state index in [2.05, 4.69) is 42.0 Å². The Morgan fingerprint density at radius 3 is 2.70 bits per heavy atom. The molecular weight excluding hydrogens is 382 g/mol. The molecule has 0 aliphatic heterocycles. The molecule has 1 aromatic heterocycles. The highest BCUT2D eigenvalue weighted by Crippen LogP contribution is 2.15.